The van der Waals surface area contributed by atoms with Crippen LogP contribution in [0.3, 0.4) is 0 Å². The van der Waals surface area contributed by atoms with Crippen molar-refractivity contribution in [1.29, 1.82) is 0 Å². The van der Waals surface area contributed by atoms with E-state index in [0.29, 0.717) is 32.4 Å². The number of halogens is 5. The minimum Gasteiger partial charge on any atom is -0.486 e. The monoisotopic (exact) mass is 443 g/mol. The first kappa shape index (κ1) is 20.1. The Morgan fingerprint density at radius 1 is 0.778 bits per heavy atom. The molecule has 0 aromatic heterocycles. The Morgan fingerprint density at radius 2 is 1.44 bits per heavy atom. The van der Waals surface area contributed by atoms with Gasteiger partial charge in [-0.1, -0.05) is 58.5 Å². The first-order valence-electron chi connectivity index (χ1n) is 7.96. The highest BCUT2D eigenvalue weighted by Gasteiger charge is 2.11. The van der Waals surface area contributed by atoms with Crippen LogP contribution in [0.1, 0.15) is 11.1 Å². The maximum atomic E-state index is 13.0. The largest absolute Gasteiger partial charge is 0.486 e. The molecule has 0 unspecified atom stereocenters. The van der Waals surface area contributed by atoms with E-state index in [1.165, 1.54) is 12.1 Å². The average molecular weight is 445 g/mol. The highest BCUT2D eigenvalue weighted by Crippen LogP contribution is 2.35. The van der Waals surface area contributed by atoms with Crippen molar-refractivity contribution >= 4 is 52.1 Å². The van der Waals surface area contributed by atoms with Crippen molar-refractivity contribution in [1.82, 2.24) is 0 Å². The van der Waals surface area contributed by atoms with Crippen LogP contribution in [-0.2, 0) is 13.2 Å². The molecule has 3 aromatic carbocycles. The first-order valence-corrected chi connectivity index (χ1v) is 9.47. The second-order valence-corrected chi connectivity index (χ2v) is 7.44. The topological polar surface area (TPSA) is 21.3 Å². The lowest BCUT2D eigenvalue weighted by Crippen LogP contribution is -2.02. The van der Waals surface area contributed by atoms with Gasteiger partial charge in [0.15, 0.2) is 5.75 Å². The van der Waals surface area contributed by atoms with Gasteiger partial charge < -0.3 is 10.1 Å². The lowest BCUT2D eigenvalue weighted by atomic mass is 10.2. The fourth-order valence-corrected chi connectivity index (χ4v) is 3.54. The zero-order valence-corrected chi connectivity index (χ0v) is 16.9. The third-order valence-corrected chi connectivity index (χ3v) is 4.88. The number of nitrogens with one attached hydrogen (secondary N) is 1. The summed E-state index contributed by atoms with van der Waals surface area (Å²) in [7, 11) is 0. The normalized spacial score (nSPS) is 10.7. The molecule has 7 heteroatoms. The summed E-state index contributed by atoms with van der Waals surface area (Å²) in [5.41, 5.74) is 2.43. The summed E-state index contributed by atoms with van der Waals surface area (Å²) in [6.07, 6.45) is 0. The third kappa shape index (κ3) is 5.43. The maximum Gasteiger partial charge on any atom is 0.156 e. The van der Waals surface area contributed by atoms with Crippen molar-refractivity contribution in [2.45, 2.75) is 13.2 Å². The Morgan fingerprint density at radius 3 is 2.07 bits per heavy atom. The van der Waals surface area contributed by atoms with Gasteiger partial charge in [0, 0.05) is 11.6 Å². The van der Waals surface area contributed by atoms with Crippen molar-refractivity contribution in [3.05, 3.63) is 91.6 Å². The minimum absolute atomic E-state index is 0.234. The standard InChI is InChI=1S/C20H14Cl4FNO/c21-14-3-6-19(16(22)9-14)26-10-13-7-17(23)20(18(24)8-13)27-11-12-1-4-15(25)5-2-12/h1-9,26H,10-11H2. The van der Waals surface area contributed by atoms with Crippen LogP contribution < -0.4 is 10.1 Å². The zero-order valence-electron chi connectivity index (χ0n) is 13.9. The molecule has 27 heavy (non-hydrogen) atoms. The molecule has 140 valence electrons. The number of benzene rings is 3. The van der Waals surface area contributed by atoms with Gasteiger partial charge in [0.1, 0.15) is 12.4 Å². The average Bonchev–Trinajstić information content (AvgIpc) is 2.62. The fourth-order valence-electron chi connectivity index (χ4n) is 2.42. The highest BCUT2D eigenvalue weighted by atomic mass is 35.5. The quantitative estimate of drug-likeness (QED) is 0.421. The number of rotatable bonds is 6. The lowest BCUT2D eigenvalue weighted by Gasteiger charge is -2.13. The number of anilines is 1. The summed E-state index contributed by atoms with van der Waals surface area (Å²) in [6, 6.07) is 14.8. The molecule has 0 saturated carbocycles. The van der Waals surface area contributed by atoms with Gasteiger partial charge in [0.25, 0.3) is 0 Å². The third-order valence-electron chi connectivity index (χ3n) is 3.77. The Labute approximate surface area is 176 Å². The van der Waals surface area contributed by atoms with Gasteiger partial charge in [-0.05, 0) is 53.6 Å². The SMILES string of the molecule is Fc1ccc(COc2c(Cl)cc(CNc3ccc(Cl)cc3Cl)cc2Cl)cc1. The maximum absolute atomic E-state index is 13.0. The van der Waals surface area contributed by atoms with E-state index in [1.807, 2.05) is 0 Å². The van der Waals surface area contributed by atoms with Crippen LogP contribution in [0.4, 0.5) is 10.1 Å². The molecule has 0 fully saturated rings. The molecule has 0 saturated heterocycles. The molecule has 3 rings (SSSR count). The summed E-state index contributed by atoms with van der Waals surface area (Å²) in [5.74, 6) is 0.0865. The minimum atomic E-state index is -0.299. The van der Waals surface area contributed by atoms with Gasteiger partial charge in [0.05, 0.1) is 20.8 Å². The van der Waals surface area contributed by atoms with E-state index in [1.54, 1.807) is 42.5 Å². The van der Waals surface area contributed by atoms with Crippen molar-refractivity contribution in [2.75, 3.05) is 5.32 Å². The Kier molecular flexibility index (Phi) is 6.72. The van der Waals surface area contributed by atoms with Gasteiger partial charge in [-0.2, -0.15) is 0 Å². The van der Waals surface area contributed by atoms with E-state index in [9.17, 15) is 4.39 Å². The molecular weight excluding hydrogens is 431 g/mol. The van der Waals surface area contributed by atoms with Crippen molar-refractivity contribution in [3.8, 4) is 5.75 Å². The van der Waals surface area contributed by atoms with E-state index in [-0.39, 0.29) is 12.4 Å². The molecule has 3 aromatic rings. The van der Waals surface area contributed by atoms with E-state index >= 15 is 0 Å². The van der Waals surface area contributed by atoms with Crippen molar-refractivity contribution in [2.24, 2.45) is 0 Å². The van der Waals surface area contributed by atoms with Crippen LogP contribution in [0.5, 0.6) is 5.75 Å². The number of hydrogen-bond donors (Lipinski definition) is 1. The fraction of sp³-hybridized carbons (Fsp3) is 0.100. The predicted octanol–water partition coefficient (Wildman–Crippen LogP) is 7.63. The first-order chi connectivity index (χ1) is 12.9. The molecule has 0 heterocycles. The van der Waals surface area contributed by atoms with Crippen LogP contribution >= 0.6 is 46.4 Å². The second-order valence-electron chi connectivity index (χ2n) is 5.78. The molecule has 0 amide bonds. The van der Waals surface area contributed by atoms with Crippen LogP contribution in [0.15, 0.2) is 54.6 Å². The van der Waals surface area contributed by atoms with Gasteiger partial charge >= 0.3 is 0 Å². The van der Waals surface area contributed by atoms with Gasteiger partial charge in [0.2, 0.25) is 0 Å². The number of hydrogen-bond acceptors (Lipinski definition) is 2. The molecule has 0 aliphatic rings. The summed E-state index contributed by atoms with van der Waals surface area (Å²) >= 11 is 24.7. The second kappa shape index (κ2) is 9.03. The summed E-state index contributed by atoms with van der Waals surface area (Å²) in [5, 5.41) is 5.09. The van der Waals surface area contributed by atoms with Crippen LogP contribution in [0.25, 0.3) is 0 Å². The molecule has 0 atom stereocenters. The molecule has 2 nitrogen and oxygen atoms in total. The molecule has 0 spiro atoms. The van der Waals surface area contributed by atoms with E-state index < -0.39 is 0 Å². The molecular formula is C20H14Cl4FNO. The van der Waals surface area contributed by atoms with Gasteiger partial charge in [-0.3, -0.25) is 0 Å². The molecule has 0 aliphatic heterocycles. The van der Waals surface area contributed by atoms with E-state index in [0.717, 1.165) is 16.8 Å². The lowest BCUT2D eigenvalue weighted by molar-refractivity contribution is 0.306. The predicted molar refractivity (Wildman–Crippen MR) is 111 cm³/mol. The van der Waals surface area contributed by atoms with Crippen LogP contribution in [0, 0.1) is 5.82 Å². The summed E-state index contributed by atoms with van der Waals surface area (Å²) in [4.78, 5) is 0. The van der Waals surface area contributed by atoms with Crippen molar-refractivity contribution in [3.63, 3.8) is 0 Å². The van der Waals surface area contributed by atoms with Gasteiger partial charge in [-0.25, -0.2) is 4.39 Å². The summed E-state index contributed by atoms with van der Waals surface area (Å²) in [6.45, 7) is 0.705. The smallest absolute Gasteiger partial charge is 0.156 e. The molecule has 1 N–H and O–H groups in total. The Hall–Kier alpha value is -1.65. The van der Waals surface area contributed by atoms with Crippen LogP contribution in [0.2, 0.25) is 20.1 Å². The van der Waals surface area contributed by atoms with E-state index in [4.69, 9.17) is 51.1 Å². The van der Waals surface area contributed by atoms with Crippen LogP contribution in [-0.4, -0.2) is 0 Å². The molecule has 0 aliphatic carbocycles. The zero-order chi connectivity index (χ0) is 19.4. The van der Waals surface area contributed by atoms with Gasteiger partial charge in [-0.15, -0.1) is 0 Å². The molecule has 0 radical (unpaired) electrons. The Bertz CT molecular complexity index is 924. The summed E-state index contributed by atoms with van der Waals surface area (Å²) < 4.78 is 18.7. The van der Waals surface area contributed by atoms with Crippen molar-refractivity contribution < 1.29 is 9.13 Å². The molecule has 0 bridgehead atoms. The Balaban J connectivity index is 1.67. The number of ether oxygens (including phenoxy) is 1. The highest BCUT2D eigenvalue weighted by molar-refractivity contribution is 6.37. The van der Waals surface area contributed by atoms with E-state index in [2.05, 4.69) is 5.32 Å².